The predicted molar refractivity (Wildman–Crippen MR) is 135 cm³/mol. The van der Waals surface area contributed by atoms with Crippen LogP contribution in [0.15, 0.2) is 91.0 Å². The SMILES string of the molecule is C[C@@H](c1ccccc1)N1[C@@H](CC(=O)OCc2ccccc2)CC[C@H]1CC(=O)OCc1ccccc1. The molecule has 3 atom stereocenters. The quantitative estimate of drug-likeness (QED) is 0.347. The van der Waals surface area contributed by atoms with Crippen molar-refractivity contribution in [3.05, 3.63) is 108 Å². The van der Waals surface area contributed by atoms with Gasteiger partial charge < -0.3 is 9.47 Å². The van der Waals surface area contributed by atoms with E-state index in [2.05, 4.69) is 24.0 Å². The van der Waals surface area contributed by atoms with Crippen molar-refractivity contribution in [3.8, 4) is 0 Å². The Labute approximate surface area is 207 Å². The fraction of sp³-hybridized carbons (Fsp3) is 0.333. The molecule has 3 aromatic carbocycles. The van der Waals surface area contributed by atoms with Crippen LogP contribution < -0.4 is 0 Å². The number of likely N-dealkylation sites (tertiary alicyclic amines) is 1. The Morgan fingerprint density at radius 1 is 0.714 bits per heavy atom. The van der Waals surface area contributed by atoms with Gasteiger partial charge in [-0.2, -0.15) is 0 Å². The lowest BCUT2D eigenvalue weighted by Crippen LogP contribution is -2.40. The first-order valence-electron chi connectivity index (χ1n) is 12.3. The van der Waals surface area contributed by atoms with Crippen molar-refractivity contribution in [1.29, 1.82) is 0 Å². The first-order valence-corrected chi connectivity index (χ1v) is 12.3. The summed E-state index contributed by atoms with van der Waals surface area (Å²) in [6.45, 7) is 2.69. The molecule has 1 aliphatic rings. The zero-order valence-corrected chi connectivity index (χ0v) is 20.2. The predicted octanol–water partition coefficient (Wildman–Crippen LogP) is 5.85. The Balaban J connectivity index is 1.40. The van der Waals surface area contributed by atoms with E-state index in [0.717, 1.165) is 24.0 Å². The van der Waals surface area contributed by atoms with E-state index in [1.165, 1.54) is 5.56 Å². The molecule has 1 fully saturated rings. The van der Waals surface area contributed by atoms with Crippen LogP contribution in [0.5, 0.6) is 0 Å². The van der Waals surface area contributed by atoms with Crippen molar-refractivity contribution in [3.63, 3.8) is 0 Å². The molecule has 5 heteroatoms. The van der Waals surface area contributed by atoms with Gasteiger partial charge in [0.1, 0.15) is 13.2 Å². The molecule has 0 aliphatic carbocycles. The van der Waals surface area contributed by atoms with Gasteiger partial charge in [0, 0.05) is 18.1 Å². The molecule has 0 aromatic heterocycles. The van der Waals surface area contributed by atoms with Crippen molar-refractivity contribution < 1.29 is 19.1 Å². The van der Waals surface area contributed by atoms with E-state index < -0.39 is 0 Å². The monoisotopic (exact) mass is 471 g/mol. The second-order valence-corrected chi connectivity index (χ2v) is 9.12. The molecule has 0 unspecified atom stereocenters. The van der Waals surface area contributed by atoms with Crippen LogP contribution in [0.2, 0.25) is 0 Å². The van der Waals surface area contributed by atoms with Crippen molar-refractivity contribution in [1.82, 2.24) is 4.90 Å². The molecule has 0 spiro atoms. The lowest BCUT2D eigenvalue weighted by molar-refractivity contribution is -0.147. The molecule has 1 aliphatic heterocycles. The van der Waals surface area contributed by atoms with Gasteiger partial charge in [0.25, 0.3) is 0 Å². The number of rotatable bonds is 10. The summed E-state index contributed by atoms with van der Waals surface area (Å²) in [5, 5.41) is 0. The van der Waals surface area contributed by atoms with Crippen LogP contribution in [-0.2, 0) is 32.3 Å². The third-order valence-electron chi connectivity index (χ3n) is 6.70. The molecule has 0 amide bonds. The van der Waals surface area contributed by atoms with E-state index in [-0.39, 0.29) is 43.3 Å². The van der Waals surface area contributed by atoms with Crippen molar-refractivity contribution >= 4 is 11.9 Å². The number of ether oxygens (including phenoxy) is 2. The molecule has 1 heterocycles. The summed E-state index contributed by atoms with van der Waals surface area (Å²) in [7, 11) is 0. The first-order chi connectivity index (χ1) is 17.1. The summed E-state index contributed by atoms with van der Waals surface area (Å²) in [6.07, 6.45) is 2.29. The van der Waals surface area contributed by atoms with Gasteiger partial charge in [0.15, 0.2) is 0 Å². The Morgan fingerprint density at radius 3 is 1.54 bits per heavy atom. The lowest BCUT2D eigenvalue weighted by atomic mass is 10.0. The van der Waals surface area contributed by atoms with Gasteiger partial charge in [-0.05, 0) is 36.5 Å². The highest BCUT2D eigenvalue weighted by Crippen LogP contribution is 2.37. The Hall–Kier alpha value is -3.44. The van der Waals surface area contributed by atoms with Gasteiger partial charge in [-0.15, -0.1) is 0 Å². The topological polar surface area (TPSA) is 55.8 Å². The van der Waals surface area contributed by atoms with Gasteiger partial charge in [0.05, 0.1) is 12.8 Å². The van der Waals surface area contributed by atoms with E-state index in [0.29, 0.717) is 12.8 Å². The van der Waals surface area contributed by atoms with Crippen LogP contribution in [0.3, 0.4) is 0 Å². The summed E-state index contributed by atoms with van der Waals surface area (Å²) in [6, 6.07) is 29.7. The van der Waals surface area contributed by atoms with Gasteiger partial charge in [-0.3, -0.25) is 14.5 Å². The number of benzene rings is 3. The van der Waals surface area contributed by atoms with Crippen LogP contribution >= 0.6 is 0 Å². The molecule has 35 heavy (non-hydrogen) atoms. The third-order valence-corrected chi connectivity index (χ3v) is 6.70. The van der Waals surface area contributed by atoms with Crippen LogP contribution in [0.1, 0.15) is 55.3 Å². The molecule has 0 saturated carbocycles. The summed E-state index contributed by atoms with van der Waals surface area (Å²) in [4.78, 5) is 27.8. The molecule has 0 radical (unpaired) electrons. The summed E-state index contributed by atoms with van der Waals surface area (Å²) >= 11 is 0. The van der Waals surface area contributed by atoms with Gasteiger partial charge in [-0.25, -0.2) is 0 Å². The lowest BCUT2D eigenvalue weighted by Gasteiger charge is -2.35. The molecular formula is C30H33NO4. The largest absolute Gasteiger partial charge is 0.461 e. The van der Waals surface area contributed by atoms with Crippen LogP contribution in [-0.4, -0.2) is 28.9 Å². The molecule has 4 rings (SSSR count). The molecule has 5 nitrogen and oxygen atoms in total. The number of esters is 2. The molecule has 3 aromatic rings. The Kier molecular flexibility index (Phi) is 8.68. The fourth-order valence-corrected chi connectivity index (χ4v) is 4.91. The second kappa shape index (κ2) is 12.3. The summed E-state index contributed by atoms with van der Waals surface area (Å²) < 4.78 is 11.1. The second-order valence-electron chi connectivity index (χ2n) is 9.12. The van der Waals surface area contributed by atoms with Crippen LogP contribution in [0.4, 0.5) is 0 Å². The van der Waals surface area contributed by atoms with Crippen molar-refractivity contribution in [2.45, 2.75) is 63.9 Å². The third kappa shape index (κ3) is 7.03. The average Bonchev–Trinajstić information content (AvgIpc) is 3.29. The van der Waals surface area contributed by atoms with Gasteiger partial charge in [-0.1, -0.05) is 91.0 Å². The minimum Gasteiger partial charge on any atom is -0.461 e. The van der Waals surface area contributed by atoms with Gasteiger partial charge in [0.2, 0.25) is 0 Å². The maximum absolute atomic E-state index is 12.7. The Bertz CT molecular complexity index is 1010. The average molecular weight is 472 g/mol. The molecular weight excluding hydrogens is 438 g/mol. The number of hydrogen-bond donors (Lipinski definition) is 0. The van der Waals surface area contributed by atoms with E-state index in [1.807, 2.05) is 78.9 Å². The highest BCUT2D eigenvalue weighted by atomic mass is 16.5. The fourth-order valence-electron chi connectivity index (χ4n) is 4.91. The standard InChI is InChI=1S/C30H33NO4/c1-23(26-15-9-4-10-16-26)31-27(19-29(32)34-21-24-11-5-2-6-12-24)17-18-28(31)20-30(33)35-22-25-13-7-3-8-14-25/h2-16,23,27-28H,17-22H2,1H3/t23-,27-,28+/m0/s1. The van der Waals surface area contributed by atoms with E-state index >= 15 is 0 Å². The molecule has 0 bridgehead atoms. The van der Waals surface area contributed by atoms with Crippen molar-refractivity contribution in [2.24, 2.45) is 0 Å². The number of nitrogens with zero attached hydrogens (tertiary/aromatic N) is 1. The van der Waals surface area contributed by atoms with Crippen LogP contribution in [0, 0.1) is 0 Å². The number of carbonyl (C=O) groups excluding carboxylic acids is 2. The minimum atomic E-state index is -0.212. The summed E-state index contributed by atoms with van der Waals surface area (Å²) in [5.74, 6) is -0.423. The normalized spacial score (nSPS) is 18.7. The highest BCUT2D eigenvalue weighted by molar-refractivity contribution is 5.71. The molecule has 182 valence electrons. The highest BCUT2D eigenvalue weighted by Gasteiger charge is 2.39. The maximum atomic E-state index is 12.7. The molecule has 1 saturated heterocycles. The minimum absolute atomic E-state index is 0.0143. The zero-order valence-electron chi connectivity index (χ0n) is 20.2. The number of carbonyl (C=O) groups is 2. The Morgan fingerprint density at radius 2 is 1.11 bits per heavy atom. The van der Waals surface area contributed by atoms with E-state index in [1.54, 1.807) is 0 Å². The summed E-state index contributed by atoms with van der Waals surface area (Å²) in [5.41, 5.74) is 3.11. The molecule has 0 N–H and O–H groups in total. The first kappa shape index (κ1) is 24.7. The number of hydrogen-bond acceptors (Lipinski definition) is 5. The zero-order chi connectivity index (χ0) is 24.5. The van der Waals surface area contributed by atoms with E-state index in [9.17, 15) is 9.59 Å². The van der Waals surface area contributed by atoms with Crippen molar-refractivity contribution in [2.75, 3.05) is 0 Å². The van der Waals surface area contributed by atoms with Gasteiger partial charge >= 0.3 is 11.9 Å². The van der Waals surface area contributed by atoms with E-state index in [4.69, 9.17) is 9.47 Å². The maximum Gasteiger partial charge on any atom is 0.307 e. The smallest absolute Gasteiger partial charge is 0.307 e. The van der Waals surface area contributed by atoms with Crippen LogP contribution in [0.25, 0.3) is 0 Å².